The molecule has 2 aromatic rings. The van der Waals surface area contributed by atoms with Crippen LogP contribution < -0.4 is 28.4 Å². The van der Waals surface area contributed by atoms with Crippen molar-refractivity contribution in [2.45, 2.75) is 6.54 Å². The predicted molar refractivity (Wildman–Crippen MR) is 99.1 cm³/mol. The maximum Gasteiger partial charge on any atom is 0.255 e. The van der Waals surface area contributed by atoms with Crippen molar-refractivity contribution in [1.29, 1.82) is 0 Å². The van der Waals surface area contributed by atoms with Gasteiger partial charge in [-0.15, -0.1) is 0 Å². The molecule has 0 unspecified atom stereocenters. The average molecular weight is 401 g/mol. The van der Waals surface area contributed by atoms with Gasteiger partial charge in [-0.1, -0.05) is 0 Å². The number of methoxy groups -OCH3 is 2. The lowest BCUT2D eigenvalue weighted by atomic mass is 9.93. The van der Waals surface area contributed by atoms with Gasteiger partial charge < -0.3 is 38.4 Å². The van der Waals surface area contributed by atoms with Crippen molar-refractivity contribution >= 4 is 5.91 Å². The number of hydrogen-bond donors (Lipinski definition) is 1. The SMILES string of the molecule is COc1cc2c(c3c1OCO3)-c1c(cc(OC)c3c1OCO3)C(=O)N(CCO)C2. The molecular formula is C20H19NO8. The van der Waals surface area contributed by atoms with Crippen molar-refractivity contribution in [2.75, 3.05) is 41.0 Å². The van der Waals surface area contributed by atoms with Gasteiger partial charge in [0.1, 0.15) is 0 Å². The number of carbonyl (C=O) groups excluding carboxylic acids is 1. The number of amides is 1. The molecule has 0 spiro atoms. The first-order chi connectivity index (χ1) is 14.2. The first kappa shape index (κ1) is 17.7. The molecule has 0 saturated carbocycles. The van der Waals surface area contributed by atoms with Crippen molar-refractivity contribution in [3.05, 3.63) is 23.3 Å². The Hall–Kier alpha value is -3.33. The van der Waals surface area contributed by atoms with Crippen molar-refractivity contribution in [1.82, 2.24) is 4.90 Å². The van der Waals surface area contributed by atoms with Crippen LogP contribution in [-0.4, -0.2) is 56.9 Å². The van der Waals surface area contributed by atoms with E-state index in [-0.39, 0.29) is 39.2 Å². The molecule has 3 aliphatic heterocycles. The van der Waals surface area contributed by atoms with Crippen LogP contribution in [0.15, 0.2) is 12.1 Å². The van der Waals surface area contributed by atoms with Gasteiger partial charge >= 0.3 is 0 Å². The Morgan fingerprint density at radius 1 is 0.931 bits per heavy atom. The number of carbonyl (C=O) groups is 1. The smallest absolute Gasteiger partial charge is 0.255 e. The minimum absolute atomic E-state index is 0.0156. The van der Waals surface area contributed by atoms with Crippen LogP contribution in [0.1, 0.15) is 15.9 Å². The molecule has 0 aliphatic carbocycles. The summed E-state index contributed by atoms with van der Waals surface area (Å²) in [5.74, 6) is 2.48. The third-order valence-electron chi connectivity index (χ3n) is 5.24. The largest absolute Gasteiger partial charge is 0.493 e. The molecule has 152 valence electrons. The summed E-state index contributed by atoms with van der Waals surface area (Å²) in [5.41, 5.74) is 2.41. The van der Waals surface area contributed by atoms with Crippen LogP contribution in [0.4, 0.5) is 0 Å². The van der Waals surface area contributed by atoms with Gasteiger partial charge in [-0.3, -0.25) is 4.79 Å². The number of nitrogens with zero attached hydrogens (tertiary/aromatic N) is 1. The lowest BCUT2D eigenvalue weighted by Gasteiger charge is -2.20. The zero-order chi connectivity index (χ0) is 20.1. The van der Waals surface area contributed by atoms with Crippen LogP contribution in [0.2, 0.25) is 0 Å². The molecule has 3 heterocycles. The number of benzene rings is 2. The molecule has 3 aliphatic rings. The first-order valence-electron chi connectivity index (χ1n) is 9.08. The predicted octanol–water partition coefficient (Wildman–Crippen LogP) is 1.78. The summed E-state index contributed by atoms with van der Waals surface area (Å²) in [6.45, 7) is 0.322. The maximum atomic E-state index is 13.4. The summed E-state index contributed by atoms with van der Waals surface area (Å²) in [6.07, 6.45) is 0. The van der Waals surface area contributed by atoms with Gasteiger partial charge in [-0.25, -0.2) is 0 Å². The molecule has 9 heteroatoms. The van der Waals surface area contributed by atoms with Gasteiger partial charge in [0.05, 0.1) is 26.4 Å². The van der Waals surface area contributed by atoms with E-state index in [1.165, 1.54) is 7.11 Å². The zero-order valence-corrected chi connectivity index (χ0v) is 15.9. The summed E-state index contributed by atoms with van der Waals surface area (Å²) < 4.78 is 33.7. The molecule has 0 radical (unpaired) electrons. The fraction of sp³-hybridized carbons (Fsp3) is 0.350. The number of β-amino-alcohol motifs (C(OH)–C–C–N with tert-alkyl or cyclic N) is 1. The van der Waals surface area contributed by atoms with Gasteiger partial charge in [0.15, 0.2) is 23.0 Å². The van der Waals surface area contributed by atoms with Crippen LogP contribution >= 0.6 is 0 Å². The second kappa shape index (κ2) is 6.63. The van der Waals surface area contributed by atoms with Crippen LogP contribution in [-0.2, 0) is 6.54 Å². The molecule has 0 saturated heterocycles. The highest BCUT2D eigenvalue weighted by molar-refractivity contribution is 6.07. The normalized spacial score (nSPS) is 15.7. The molecule has 9 nitrogen and oxygen atoms in total. The average Bonchev–Trinajstić information content (AvgIpc) is 3.39. The number of hydrogen-bond acceptors (Lipinski definition) is 8. The van der Waals surface area contributed by atoms with E-state index in [2.05, 4.69) is 0 Å². The lowest BCUT2D eigenvalue weighted by Crippen LogP contribution is -2.32. The van der Waals surface area contributed by atoms with Crippen molar-refractivity contribution in [3.63, 3.8) is 0 Å². The summed E-state index contributed by atoms with van der Waals surface area (Å²) in [5, 5.41) is 9.50. The summed E-state index contributed by atoms with van der Waals surface area (Å²) in [7, 11) is 3.05. The molecule has 5 rings (SSSR count). The van der Waals surface area contributed by atoms with E-state index in [0.717, 1.165) is 5.56 Å². The summed E-state index contributed by atoms with van der Waals surface area (Å²) in [6, 6.07) is 3.46. The van der Waals surface area contributed by atoms with Crippen LogP contribution in [0.25, 0.3) is 11.1 Å². The molecule has 0 fully saturated rings. The quantitative estimate of drug-likeness (QED) is 0.828. The monoisotopic (exact) mass is 401 g/mol. The molecule has 2 aromatic carbocycles. The van der Waals surface area contributed by atoms with E-state index in [9.17, 15) is 9.90 Å². The van der Waals surface area contributed by atoms with Gasteiger partial charge in [0.2, 0.25) is 25.1 Å². The van der Waals surface area contributed by atoms with E-state index in [1.807, 2.05) is 6.07 Å². The lowest BCUT2D eigenvalue weighted by molar-refractivity contribution is 0.0711. The molecule has 1 amide bonds. The van der Waals surface area contributed by atoms with Gasteiger partial charge in [0, 0.05) is 24.2 Å². The minimum Gasteiger partial charge on any atom is -0.493 e. The van der Waals surface area contributed by atoms with E-state index in [0.29, 0.717) is 51.2 Å². The van der Waals surface area contributed by atoms with E-state index < -0.39 is 0 Å². The Morgan fingerprint density at radius 2 is 1.52 bits per heavy atom. The van der Waals surface area contributed by atoms with Crippen LogP contribution in [0.5, 0.6) is 34.5 Å². The van der Waals surface area contributed by atoms with E-state index in [4.69, 9.17) is 28.4 Å². The van der Waals surface area contributed by atoms with Crippen molar-refractivity contribution < 1.29 is 38.3 Å². The number of ether oxygens (including phenoxy) is 6. The maximum absolute atomic E-state index is 13.4. The Labute approximate surface area is 166 Å². The molecular weight excluding hydrogens is 382 g/mol. The summed E-state index contributed by atoms with van der Waals surface area (Å²) in [4.78, 5) is 14.9. The Morgan fingerprint density at radius 3 is 2.14 bits per heavy atom. The molecule has 0 bridgehead atoms. The highest BCUT2D eigenvalue weighted by atomic mass is 16.7. The standard InChI is InChI=1S/C20H19NO8/c1-24-12-5-10-7-21(3-4-22)20(23)11-6-13(25-2)17-19(29-9-27-17)15(11)14(10)18-16(12)26-8-28-18/h5-6,22H,3-4,7-9H2,1-2H3. The van der Waals surface area contributed by atoms with E-state index in [1.54, 1.807) is 18.1 Å². The summed E-state index contributed by atoms with van der Waals surface area (Å²) >= 11 is 0. The first-order valence-corrected chi connectivity index (χ1v) is 9.08. The number of aliphatic hydroxyl groups is 1. The van der Waals surface area contributed by atoms with Crippen molar-refractivity contribution in [3.8, 4) is 45.6 Å². The van der Waals surface area contributed by atoms with Crippen LogP contribution in [0.3, 0.4) is 0 Å². The molecule has 29 heavy (non-hydrogen) atoms. The van der Waals surface area contributed by atoms with Crippen LogP contribution in [0, 0.1) is 0 Å². The van der Waals surface area contributed by atoms with E-state index >= 15 is 0 Å². The fourth-order valence-corrected chi connectivity index (χ4v) is 4.00. The number of fused-ring (bicyclic) bond motifs is 7. The topological polar surface area (TPSA) is 95.9 Å². The van der Waals surface area contributed by atoms with Gasteiger partial charge in [-0.05, 0) is 17.7 Å². The van der Waals surface area contributed by atoms with Gasteiger partial charge in [-0.2, -0.15) is 0 Å². The number of rotatable bonds is 4. The third kappa shape index (κ3) is 2.47. The van der Waals surface area contributed by atoms with Crippen molar-refractivity contribution in [2.24, 2.45) is 0 Å². The second-order valence-corrected chi connectivity index (χ2v) is 6.69. The Bertz CT molecular complexity index is 1020. The molecule has 0 aromatic heterocycles. The Balaban J connectivity index is 1.87. The highest BCUT2D eigenvalue weighted by Gasteiger charge is 2.39. The third-order valence-corrected chi connectivity index (χ3v) is 5.24. The molecule has 1 N–H and O–H groups in total. The number of aliphatic hydroxyl groups excluding tert-OH is 1. The molecule has 0 atom stereocenters. The zero-order valence-electron chi connectivity index (χ0n) is 15.9. The highest BCUT2D eigenvalue weighted by Crippen LogP contribution is 2.57. The Kier molecular flexibility index (Phi) is 4.06. The minimum atomic E-state index is -0.256. The van der Waals surface area contributed by atoms with Gasteiger partial charge in [0.25, 0.3) is 5.91 Å². The fourth-order valence-electron chi connectivity index (χ4n) is 4.00. The second-order valence-electron chi connectivity index (χ2n) is 6.69.